The van der Waals surface area contributed by atoms with E-state index in [-0.39, 0.29) is 19.5 Å². The summed E-state index contributed by atoms with van der Waals surface area (Å²) in [7, 11) is -11.7. The summed E-state index contributed by atoms with van der Waals surface area (Å²) >= 11 is 0. The van der Waals surface area contributed by atoms with Crippen LogP contribution in [0.15, 0.2) is 54.7 Å². The van der Waals surface area contributed by atoms with Crippen LogP contribution in [-0.2, 0) is 46.3 Å². The van der Waals surface area contributed by atoms with Gasteiger partial charge < -0.3 is 5.21 Å². The molecule has 0 aliphatic carbocycles. The molecule has 0 saturated carbocycles. The zero-order valence-corrected chi connectivity index (χ0v) is 20.7. The van der Waals surface area contributed by atoms with Gasteiger partial charge >= 0.3 is 31.3 Å². The maximum absolute atomic E-state index is 11.6. The Labute approximate surface area is 196 Å². The molecule has 2 N–H and O–H groups in total. The van der Waals surface area contributed by atoms with E-state index in [1.807, 2.05) is 42.5 Å². The predicted octanol–water partition coefficient (Wildman–Crippen LogP) is 3.00. The zero-order valence-electron chi connectivity index (χ0n) is 16.1. The average molecular weight is 578 g/mol. The normalized spacial score (nSPS) is 12.3. The van der Waals surface area contributed by atoms with E-state index in [9.17, 15) is 31.5 Å². The first-order chi connectivity index (χ1) is 14.3. The Bertz CT molecular complexity index is 1040. The number of halogens is 6. The van der Waals surface area contributed by atoms with Crippen LogP contribution in [0, 0.1) is 5.21 Å². The third kappa shape index (κ3) is 14.6. The third-order valence-electron chi connectivity index (χ3n) is 2.73. The van der Waals surface area contributed by atoms with E-state index < -0.39 is 31.3 Å². The molecule has 1 heterocycles. The van der Waals surface area contributed by atoms with Gasteiger partial charge in [-0.15, -0.1) is 0 Å². The third-order valence-corrected chi connectivity index (χ3v) is 3.90. The van der Waals surface area contributed by atoms with Crippen LogP contribution in [0.3, 0.4) is 0 Å². The van der Waals surface area contributed by atoms with E-state index in [0.29, 0.717) is 12.2 Å². The van der Waals surface area contributed by atoms with Gasteiger partial charge in [0.25, 0.3) is 0 Å². The fourth-order valence-corrected chi connectivity index (χ4v) is 1.41. The summed E-state index contributed by atoms with van der Waals surface area (Å²) in [6.45, 7) is 0.345. The molecule has 18 heteroatoms. The molecular formula is C15H14F6N2O7S2Zn. The minimum Gasteiger partial charge on any atom is -0.623 e. The predicted molar refractivity (Wildman–Crippen MR) is 98.4 cm³/mol. The summed E-state index contributed by atoms with van der Waals surface area (Å²) < 4.78 is 116. The zero-order chi connectivity index (χ0) is 25.2. The number of hydrogen-bond donors (Lipinski definition) is 2. The summed E-state index contributed by atoms with van der Waals surface area (Å²) in [5.74, 6) is 0. The number of hydrogen-bond acceptors (Lipinski definition) is 6. The summed E-state index contributed by atoms with van der Waals surface area (Å²) in [5, 5.41) is 11.6. The standard InChI is InChI=1S/C13H12N2O.2CHF3O3S.Zn/c16-15(10-12-6-2-1-3-7-12)11-13-8-4-5-9-14-13;2*2-1(3,4)8(5,6)7;/h1-9,11H,10H2;2*(H,5,6,7);/b15-11-;;;. The molecule has 2 rings (SSSR count). The molecule has 0 bridgehead atoms. The largest absolute Gasteiger partial charge is 0.623 e. The number of nitrogens with zero attached hydrogens (tertiary/aromatic N) is 2. The van der Waals surface area contributed by atoms with Crippen LogP contribution < -0.4 is 0 Å². The van der Waals surface area contributed by atoms with Crippen LogP contribution >= 0.6 is 0 Å². The van der Waals surface area contributed by atoms with Crippen LogP contribution in [0.4, 0.5) is 26.3 Å². The van der Waals surface area contributed by atoms with Gasteiger partial charge in [0, 0.05) is 31.2 Å². The van der Waals surface area contributed by atoms with Crippen molar-refractivity contribution in [3.05, 3.63) is 71.2 Å². The van der Waals surface area contributed by atoms with E-state index >= 15 is 0 Å². The van der Waals surface area contributed by atoms with Gasteiger partial charge in [0.2, 0.25) is 6.21 Å². The number of alkyl halides is 6. The first-order valence-corrected chi connectivity index (χ1v) is 10.5. The number of benzene rings is 1. The summed E-state index contributed by atoms with van der Waals surface area (Å²) in [6, 6.07) is 15.1. The molecule has 0 atom stereocenters. The second-order valence-electron chi connectivity index (χ2n) is 5.29. The van der Waals surface area contributed by atoms with E-state index in [0.717, 1.165) is 10.3 Å². The monoisotopic (exact) mass is 576 g/mol. The fraction of sp³-hybridized carbons (Fsp3) is 0.200. The van der Waals surface area contributed by atoms with Crippen molar-refractivity contribution < 1.29 is 76.5 Å². The Morgan fingerprint density at radius 2 is 1.24 bits per heavy atom. The van der Waals surface area contributed by atoms with E-state index in [2.05, 4.69) is 4.98 Å². The number of aromatic nitrogens is 1. The molecule has 0 aliphatic rings. The van der Waals surface area contributed by atoms with Crippen LogP contribution in [0.1, 0.15) is 11.3 Å². The van der Waals surface area contributed by atoms with Gasteiger partial charge in [-0.1, -0.05) is 36.4 Å². The molecule has 0 unspecified atom stereocenters. The molecular weight excluding hydrogens is 564 g/mol. The first-order valence-electron chi connectivity index (χ1n) is 7.65. The molecule has 1 aromatic carbocycles. The van der Waals surface area contributed by atoms with Gasteiger partial charge in [-0.2, -0.15) is 43.2 Å². The summed E-state index contributed by atoms with van der Waals surface area (Å²) in [5.41, 5.74) is -9.40. The van der Waals surface area contributed by atoms with Crippen LogP contribution in [0.2, 0.25) is 0 Å². The molecule has 182 valence electrons. The summed E-state index contributed by atoms with van der Waals surface area (Å²) in [4.78, 5) is 4.06. The quantitative estimate of drug-likeness (QED) is 0.0827. The van der Waals surface area contributed by atoms with Gasteiger partial charge in [-0.05, 0) is 12.1 Å². The number of pyridine rings is 1. The molecule has 2 aromatic rings. The van der Waals surface area contributed by atoms with Gasteiger partial charge in [0.15, 0.2) is 6.54 Å². The second-order valence-corrected chi connectivity index (χ2v) is 8.11. The topological polar surface area (TPSA) is 148 Å². The Morgan fingerprint density at radius 3 is 1.58 bits per heavy atom. The summed E-state index contributed by atoms with van der Waals surface area (Å²) in [6.07, 6.45) is 3.16. The van der Waals surface area contributed by atoms with Gasteiger partial charge in [-0.25, -0.2) is 4.74 Å². The maximum atomic E-state index is 11.6. The number of hydroxylamine groups is 1. The second kappa shape index (κ2) is 13.5. The first kappa shape index (κ1) is 33.0. The van der Waals surface area contributed by atoms with Crippen LogP contribution in [0.5, 0.6) is 0 Å². The maximum Gasteiger partial charge on any atom is 0.522 e. The smallest absolute Gasteiger partial charge is 0.522 e. The van der Waals surface area contributed by atoms with Crippen molar-refractivity contribution >= 4 is 26.5 Å². The van der Waals surface area contributed by atoms with Crippen molar-refractivity contribution in [3.8, 4) is 0 Å². The Kier molecular flexibility index (Phi) is 13.6. The minimum absolute atomic E-state index is 0. The molecule has 9 nitrogen and oxygen atoms in total. The van der Waals surface area contributed by atoms with E-state index in [4.69, 9.17) is 25.9 Å². The Morgan fingerprint density at radius 1 is 0.848 bits per heavy atom. The van der Waals surface area contributed by atoms with Crippen LogP contribution in [-0.4, -0.2) is 52.9 Å². The fourth-order valence-electron chi connectivity index (χ4n) is 1.41. The van der Waals surface area contributed by atoms with Crippen molar-refractivity contribution in [2.24, 2.45) is 0 Å². The van der Waals surface area contributed by atoms with Crippen LogP contribution in [0.25, 0.3) is 0 Å². The van der Waals surface area contributed by atoms with Gasteiger partial charge in [-0.3, -0.25) is 14.1 Å². The van der Waals surface area contributed by atoms with Crippen molar-refractivity contribution in [1.29, 1.82) is 0 Å². The van der Waals surface area contributed by atoms with Crippen molar-refractivity contribution in [3.63, 3.8) is 0 Å². The van der Waals surface area contributed by atoms with Gasteiger partial charge in [0.1, 0.15) is 5.69 Å². The molecule has 0 amide bonds. The minimum atomic E-state index is -5.84. The molecule has 33 heavy (non-hydrogen) atoms. The molecule has 0 fully saturated rings. The van der Waals surface area contributed by atoms with Crippen molar-refractivity contribution in [2.45, 2.75) is 17.6 Å². The number of rotatable bonds is 3. The van der Waals surface area contributed by atoms with Crippen molar-refractivity contribution in [2.75, 3.05) is 0 Å². The molecule has 1 aromatic heterocycles. The van der Waals surface area contributed by atoms with Crippen molar-refractivity contribution in [1.82, 2.24) is 4.98 Å². The van der Waals surface area contributed by atoms with E-state index in [1.54, 1.807) is 12.3 Å². The van der Waals surface area contributed by atoms with Gasteiger partial charge in [0.05, 0.1) is 0 Å². The molecule has 0 spiro atoms. The molecule has 0 radical (unpaired) electrons. The molecule has 0 saturated heterocycles. The molecule has 0 aliphatic heterocycles. The SMILES string of the molecule is O=S(=O)(O)C(F)(F)F.O=S(=O)(O)C(F)(F)F.[O-]/[N+](=C\c1ccccn1)Cc1ccccc1.[Zn]. The average Bonchev–Trinajstić information content (AvgIpc) is 2.61. The Balaban J connectivity index is 0. The Hall–Kier alpha value is -2.14. The van der Waals surface area contributed by atoms with E-state index in [1.165, 1.54) is 6.21 Å².